The van der Waals surface area contributed by atoms with E-state index in [2.05, 4.69) is 22.2 Å². The number of benzene rings is 1. The smallest absolute Gasteiger partial charge is 0.134 e. The van der Waals surface area contributed by atoms with Crippen molar-refractivity contribution in [2.45, 2.75) is 13.5 Å². The zero-order chi connectivity index (χ0) is 13.1. The molecule has 0 unspecified atom stereocenters. The van der Waals surface area contributed by atoms with Gasteiger partial charge in [0.05, 0.1) is 17.6 Å². The second kappa shape index (κ2) is 5.20. The summed E-state index contributed by atoms with van der Waals surface area (Å²) in [4.78, 5) is 8.57. The van der Waals surface area contributed by atoms with Gasteiger partial charge in [0.1, 0.15) is 11.5 Å². The van der Waals surface area contributed by atoms with Gasteiger partial charge in [-0.05, 0) is 36.9 Å². The molecule has 0 atom stereocenters. The molecule has 0 spiro atoms. The van der Waals surface area contributed by atoms with Gasteiger partial charge in [-0.1, -0.05) is 6.92 Å². The highest BCUT2D eigenvalue weighted by atomic mass is 16.3. The van der Waals surface area contributed by atoms with E-state index in [1.807, 2.05) is 30.3 Å². The van der Waals surface area contributed by atoms with Crippen molar-refractivity contribution < 1.29 is 4.42 Å². The summed E-state index contributed by atoms with van der Waals surface area (Å²) in [6, 6.07) is 9.96. The Kier molecular flexibility index (Phi) is 3.25. The van der Waals surface area contributed by atoms with E-state index in [1.54, 1.807) is 12.4 Å². The summed E-state index contributed by atoms with van der Waals surface area (Å²) in [7, 11) is 0. The average Bonchev–Trinajstić information content (AvgIpc) is 2.93. The molecule has 2 aromatic heterocycles. The Bertz CT molecular complexity index is 690. The summed E-state index contributed by atoms with van der Waals surface area (Å²) in [5, 5.41) is 3.24. The first-order chi connectivity index (χ1) is 9.36. The van der Waals surface area contributed by atoms with E-state index in [1.165, 1.54) is 0 Å². The van der Waals surface area contributed by atoms with Crippen molar-refractivity contribution in [1.29, 1.82) is 0 Å². The van der Waals surface area contributed by atoms with Gasteiger partial charge in [0.2, 0.25) is 0 Å². The van der Waals surface area contributed by atoms with Gasteiger partial charge >= 0.3 is 0 Å². The topological polar surface area (TPSA) is 51.0 Å². The fourth-order valence-corrected chi connectivity index (χ4v) is 1.99. The average molecular weight is 253 g/mol. The van der Waals surface area contributed by atoms with Gasteiger partial charge in [-0.2, -0.15) is 0 Å². The van der Waals surface area contributed by atoms with Gasteiger partial charge in [0.15, 0.2) is 0 Å². The van der Waals surface area contributed by atoms with Crippen LogP contribution >= 0.6 is 0 Å². The van der Waals surface area contributed by atoms with E-state index in [-0.39, 0.29) is 0 Å². The molecule has 19 heavy (non-hydrogen) atoms. The Labute approximate surface area is 111 Å². The zero-order valence-corrected chi connectivity index (χ0v) is 10.8. The fraction of sp³-hybridized carbons (Fsp3) is 0.200. The molecule has 0 saturated carbocycles. The van der Waals surface area contributed by atoms with Crippen molar-refractivity contribution in [3.8, 4) is 11.3 Å². The van der Waals surface area contributed by atoms with Crippen molar-refractivity contribution in [1.82, 2.24) is 15.3 Å². The minimum absolute atomic E-state index is 0.754. The van der Waals surface area contributed by atoms with Crippen molar-refractivity contribution in [2.75, 3.05) is 6.54 Å². The van der Waals surface area contributed by atoms with Gasteiger partial charge < -0.3 is 9.73 Å². The second-order valence-electron chi connectivity index (χ2n) is 4.31. The molecule has 4 nitrogen and oxygen atoms in total. The first-order valence-corrected chi connectivity index (χ1v) is 6.37. The van der Waals surface area contributed by atoms with E-state index in [9.17, 15) is 0 Å². The molecule has 4 heteroatoms. The van der Waals surface area contributed by atoms with Gasteiger partial charge in [0.25, 0.3) is 0 Å². The number of nitrogens with one attached hydrogen (secondary N) is 1. The fourth-order valence-electron chi connectivity index (χ4n) is 1.99. The minimum Gasteiger partial charge on any atom is -0.460 e. The van der Waals surface area contributed by atoms with Crippen molar-refractivity contribution in [3.63, 3.8) is 0 Å². The van der Waals surface area contributed by atoms with E-state index in [4.69, 9.17) is 4.42 Å². The largest absolute Gasteiger partial charge is 0.460 e. The molecule has 0 radical (unpaired) electrons. The Morgan fingerprint density at radius 3 is 2.74 bits per heavy atom. The summed E-state index contributed by atoms with van der Waals surface area (Å²) in [5.41, 5.74) is 2.80. The summed E-state index contributed by atoms with van der Waals surface area (Å²) in [6.07, 6.45) is 3.40. The number of fused-ring (bicyclic) bond motifs is 1. The maximum atomic E-state index is 5.81. The molecule has 0 fully saturated rings. The Hall–Kier alpha value is -2.20. The predicted molar refractivity (Wildman–Crippen MR) is 74.6 cm³/mol. The van der Waals surface area contributed by atoms with Gasteiger partial charge in [-0.25, -0.2) is 0 Å². The lowest BCUT2D eigenvalue weighted by atomic mass is 10.1. The van der Waals surface area contributed by atoms with Crippen molar-refractivity contribution >= 4 is 11.0 Å². The number of aromatic nitrogens is 2. The number of furan rings is 1. The van der Waals surface area contributed by atoms with Crippen LogP contribution in [0.15, 0.2) is 47.1 Å². The second-order valence-corrected chi connectivity index (χ2v) is 4.31. The van der Waals surface area contributed by atoms with Crippen LogP contribution in [0.5, 0.6) is 0 Å². The molecule has 1 N–H and O–H groups in total. The molecule has 2 heterocycles. The number of hydrogen-bond donors (Lipinski definition) is 1. The molecule has 96 valence electrons. The molecular formula is C15H15N3O. The lowest BCUT2D eigenvalue weighted by Gasteiger charge is -2.00. The van der Waals surface area contributed by atoms with Gasteiger partial charge in [-0.3, -0.25) is 9.97 Å². The van der Waals surface area contributed by atoms with Crippen LogP contribution < -0.4 is 5.32 Å². The molecule has 3 aromatic rings. The highest BCUT2D eigenvalue weighted by Gasteiger charge is 2.06. The lowest BCUT2D eigenvalue weighted by molar-refractivity contribution is 0.498. The summed E-state index contributed by atoms with van der Waals surface area (Å²) in [5.74, 6) is 1.80. The zero-order valence-electron chi connectivity index (χ0n) is 10.8. The van der Waals surface area contributed by atoms with Crippen LogP contribution in [0.1, 0.15) is 12.7 Å². The Morgan fingerprint density at radius 2 is 1.89 bits per heavy atom. The van der Waals surface area contributed by atoms with Crippen LogP contribution in [0.25, 0.3) is 22.4 Å². The Morgan fingerprint density at radius 1 is 1.05 bits per heavy atom. The number of hydrogen-bond acceptors (Lipinski definition) is 4. The highest BCUT2D eigenvalue weighted by molar-refractivity contribution is 5.79. The van der Waals surface area contributed by atoms with Crippen LogP contribution in [0.2, 0.25) is 0 Å². The molecule has 0 amide bonds. The lowest BCUT2D eigenvalue weighted by Crippen LogP contribution is -2.10. The third-order valence-corrected chi connectivity index (χ3v) is 2.96. The standard InChI is InChI=1S/C15H15N3O/c1-2-16-10-12-4-6-15(19-12)11-3-5-13-14(9-11)18-8-7-17-13/h3-9,16H,2,10H2,1H3. The molecule has 1 aromatic carbocycles. The number of nitrogens with zero attached hydrogens (tertiary/aromatic N) is 2. The first kappa shape index (κ1) is 11.9. The molecule has 0 bridgehead atoms. The maximum absolute atomic E-state index is 5.81. The van der Waals surface area contributed by atoms with Crippen LogP contribution in [-0.2, 0) is 6.54 Å². The molecule has 0 saturated heterocycles. The predicted octanol–water partition coefficient (Wildman–Crippen LogP) is 3.00. The monoisotopic (exact) mass is 253 g/mol. The first-order valence-electron chi connectivity index (χ1n) is 6.37. The molecule has 0 aliphatic rings. The van der Waals surface area contributed by atoms with E-state index >= 15 is 0 Å². The van der Waals surface area contributed by atoms with Crippen molar-refractivity contribution in [2.24, 2.45) is 0 Å². The third-order valence-electron chi connectivity index (χ3n) is 2.96. The van der Waals surface area contributed by atoms with Crippen LogP contribution in [0, 0.1) is 0 Å². The van der Waals surface area contributed by atoms with E-state index < -0.39 is 0 Å². The molecule has 3 rings (SSSR count). The molecular weight excluding hydrogens is 238 g/mol. The number of rotatable bonds is 4. The van der Waals surface area contributed by atoms with Gasteiger partial charge in [-0.15, -0.1) is 0 Å². The van der Waals surface area contributed by atoms with Crippen molar-refractivity contribution in [3.05, 3.63) is 48.5 Å². The highest BCUT2D eigenvalue weighted by Crippen LogP contribution is 2.24. The summed E-state index contributed by atoms with van der Waals surface area (Å²) in [6.45, 7) is 3.76. The van der Waals surface area contributed by atoms with E-state index in [0.29, 0.717) is 0 Å². The SMILES string of the molecule is CCNCc1ccc(-c2ccc3nccnc3c2)o1. The summed E-state index contributed by atoms with van der Waals surface area (Å²) < 4.78 is 5.81. The van der Waals surface area contributed by atoms with Crippen LogP contribution in [-0.4, -0.2) is 16.5 Å². The molecule has 0 aliphatic heterocycles. The van der Waals surface area contributed by atoms with Crippen LogP contribution in [0.3, 0.4) is 0 Å². The maximum Gasteiger partial charge on any atom is 0.134 e. The quantitative estimate of drug-likeness (QED) is 0.776. The van der Waals surface area contributed by atoms with Crippen LogP contribution in [0.4, 0.5) is 0 Å². The minimum atomic E-state index is 0.754. The summed E-state index contributed by atoms with van der Waals surface area (Å²) >= 11 is 0. The normalized spacial score (nSPS) is 11.0. The Balaban J connectivity index is 1.92. The molecule has 0 aliphatic carbocycles. The van der Waals surface area contributed by atoms with Gasteiger partial charge in [0, 0.05) is 18.0 Å². The van der Waals surface area contributed by atoms with E-state index in [0.717, 1.165) is 41.2 Å². The third kappa shape index (κ3) is 2.48.